The molecule has 0 amide bonds. The van der Waals surface area contributed by atoms with Crippen LogP contribution in [0.5, 0.6) is 0 Å². The molecular formula is C55H43BN2O2. The summed E-state index contributed by atoms with van der Waals surface area (Å²) in [6.45, 7) is 11.7. The highest BCUT2D eigenvalue weighted by atomic mass is 16.3. The van der Waals surface area contributed by atoms with E-state index in [2.05, 4.69) is 202 Å². The summed E-state index contributed by atoms with van der Waals surface area (Å²) in [5.41, 5.74) is 18.2. The van der Waals surface area contributed by atoms with Crippen LogP contribution in [0.4, 0.5) is 34.1 Å². The number of furan rings is 2. The third-order valence-corrected chi connectivity index (χ3v) is 13.3. The molecule has 12 rings (SSSR count). The Balaban J connectivity index is 1.09. The number of anilines is 6. The maximum atomic E-state index is 6.60. The van der Waals surface area contributed by atoms with Gasteiger partial charge in [0, 0.05) is 67.2 Å². The van der Waals surface area contributed by atoms with Crippen molar-refractivity contribution in [3.63, 3.8) is 0 Å². The molecule has 0 saturated heterocycles. The number of hydrogen-bond acceptors (Lipinski definition) is 4. The van der Waals surface area contributed by atoms with Gasteiger partial charge in [0.25, 0.3) is 0 Å². The average molecular weight is 775 g/mol. The standard InChI is InChI=1S/C55H43BN2O2/c1-54(2,3)34-22-24-36(25-23-34)58-47-19-13-18-43-53(47)56(46-32-42-40-17-10-12-21-50(40)60-52(42)33-48(46)58)45-28-26-38(31-44(45)55(43,4)5)57(35-14-7-6-8-15-35)37-27-29-51-41(30-37)39-16-9-11-20-49(39)59-51/h6-33H,1-5H3. The first-order chi connectivity index (χ1) is 29.1. The van der Waals surface area contributed by atoms with E-state index in [1.807, 2.05) is 12.1 Å². The predicted octanol–water partition coefficient (Wildman–Crippen LogP) is 13.2. The SMILES string of the molecule is CC(C)(C)c1ccc(N2c3cc4oc5ccccc5c4cc3B3c4ccc(N(c5ccccc5)c5ccc6oc7ccccc7c6c5)cc4C(C)(C)c4cccc2c43)cc1. The second-order valence-corrected chi connectivity index (χ2v) is 18.2. The van der Waals surface area contributed by atoms with Gasteiger partial charge in [-0.25, -0.2) is 0 Å². The summed E-state index contributed by atoms with van der Waals surface area (Å²) < 4.78 is 12.9. The Morgan fingerprint density at radius 1 is 0.483 bits per heavy atom. The zero-order valence-corrected chi connectivity index (χ0v) is 34.5. The van der Waals surface area contributed by atoms with Gasteiger partial charge in [0.1, 0.15) is 22.3 Å². The molecule has 2 aliphatic rings. The van der Waals surface area contributed by atoms with Crippen molar-refractivity contribution < 1.29 is 8.83 Å². The molecule has 0 N–H and O–H groups in total. The molecule has 2 aliphatic heterocycles. The molecule has 0 radical (unpaired) electrons. The molecule has 0 aliphatic carbocycles. The number of nitrogens with zero attached hydrogens (tertiary/aromatic N) is 2. The summed E-state index contributed by atoms with van der Waals surface area (Å²) in [4.78, 5) is 4.87. The van der Waals surface area contributed by atoms with E-state index in [0.29, 0.717) is 0 Å². The third-order valence-electron chi connectivity index (χ3n) is 13.3. The molecular weight excluding hydrogens is 731 g/mol. The van der Waals surface area contributed by atoms with Crippen LogP contribution in [0.2, 0.25) is 0 Å². The summed E-state index contributed by atoms with van der Waals surface area (Å²) in [6.07, 6.45) is 0. The first kappa shape index (κ1) is 35.0. The van der Waals surface area contributed by atoms with E-state index in [9.17, 15) is 0 Å². The van der Waals surface area contributed by atoms with Gasteiger partial charge in [0.05, 0.1) is 0 Å². The van der Waals surface area contributed by atoms with E-state index in [-0.39, 0.29) is 17.5 Å². The van der Waals surface area contributed by atoms with E-state index >= 15 is 0 Å². The van der Waals surface area contributed by atoms with Crippen molar-refractivity contribution in [1.82, 2.24) is 0 Å². The molecule has 0 atom stereocenters. The summed E-state index contributed by atoms with van der Waals surface area (Å²) in [5, 5.41) is 4.52. The molecule has 2 aromatic heterocycles. The summed E-state index contributed by atoms with van der Waals surface area (Å²) >= 11 is 0. The molecule has 4 nitrogen and oxygen atoms in total. The fraction of sp³-hybridized carbons (Fsp3) is 0.127. The Bertz CT molecular complexity index is 3350. The largest absolute Gasteiger partial charge is 0.456 e. The van der Waals surface area contributed by atoms with Crippen molar-refractivity contribution in [3.8, 4) is 0 Å². The van der Waals surface area contributed by atoms with Crippen LogP contribution in [0, 0.1) is 0 Å². The Hall–Kier alpha value is -6.98. The monoisotopic (exact) mass is 774 g/mol. The van der Waals surface area contributed by atoms with Gasteiger partial charge in [-0.15, -0.1) is 0 Å². The van der Waals surface area contributed by atoms with Crippen LogP contribution in [-0.4, -0.2) is 6.71 Å². The van der Waals surface area contributed by atoms with Crippen LogP contribution in [0.15, 0.2) is 179 Å². The third kappa shape index (κ3) is 5.05. The highest BCUT2D eigenvalue weighted by Crippen LogP contribution is 2.46. The van der Waals surface area contributed by atoms with Gasteiger partial charge in [-0.05, 0) is 106 Å². The molecule has 5 heteroatoms. The fourth-order valence-corrected chi connectivity index (χ4v) is 10.3. The zero-order chi connectivity index (χ0) is 40.5. The fourth-order valence-electron chi connectivity index (χ4n) is 10.3. The van der Waals surface area contributed by atoms with Crippen LogP contribution >= 0.6 is 0 Å². The van der Waals surface area contributed by atoms with Crippen molar-refractivity contribution in [3.05, 3.63) is 187 Å². The van der Waals surface area contributed by atoms with Gasteiger partial charge in [-0.3, -0.25) is 0 Å². The van der Waals surface area contributed by atoms with Crippen molar-refractivity contribution in [2.24, 2.45) is 0 Å². The van der Waals surface area contributed by atoms with Crippen LogP contribution in [0.1, 0.15) is 51.3 Å². The van der Waals surface area contributed by atoms with E-state index < -0.39 is 0 Å². The number of hydrogen-bond donors (Lipinski definition) is 0. The molecule has 0 bridgehead atoms. The average Bonchev–Trinajstić information content (AvgIpc) is 3.82. The minimum absolute atomic E-state index is 0.0188. The first-order valence-corrected chi connectivity index (χ1v) is 21.0. The smallest absolute Gasteiger partial charge is 0.247 e. The molecule has 0 spiro atoms. The van der Waals surface area contributed by atoms with Crippen molar-refractivity contribution in [1.29, 1.82) is 0 Å². The number of rotatable bonds is 4. The Morgan fingerprint density at radius 3 is 1.85 bits per heavy atom. The van der Waals surface area contributed by atoms with E-state index in [4.69, 9.17) is 8.83 Å². The Labute approximate surface area is 350 Å². The molecule has 60 heavy (non-hydrogen) atoms. The minimum Gasteiger partial charge on any atom is -0.456 e. The van der Waals surface area contributed by atoms with Gasteiger partial charge in [-0.1, -0.05) is 131 Å². The maximum Gasteiger partial charge on any atom is 0.247 e. The van der Waals surface area contributed by atoms with Crippen molar-refractivity contribution in [2.75, 3.05) is 9.80 Å². The second-order valence-electron chi connectivity index (χ2n) is 18.2. The van der Waals surface area contributed by atoms with Crippen LogP contribution < -0.4 is 26.2 Å². The number of benzene rings is 8. The lowest BCUT2D eigenvalue weighted by atomic mass is 9.30. The Kier molecular flexibility index (Phi) is 7.30. The summed E-state index contributed by atoms with van der Waals surface area (Å²) in [6, 6.07) is 62.1. The van der Waals surface area contributed by atoms with E-state index in [1.54, 1.807) is 0 Å². The predicted molar refractivity (Wildman–Crippen MR) is 252 cm³/mol. The van der Waals surface area contributed by atoms with Gasteiger partial charge >= 0.3 is 0 Å². The lowest BCUT2D eigenvalue weighted by Gasteiger charge is -2.45. The summed E-state index contributed by atoms with van der Waals surface area (Å²) in [7, 11) is 0. The first-order valence-electron chi connectivity index (χ1n) is 21.0. The molecule has 0 fully saturated rings. The van der Waals surface area contributed by atoms with Crippen molar-refractivity contribution in [2.45, 2.75) is 45.4 Å². The lowest BCUT2D eigenvalue weighted by molar-refractivity contribution is 0.590. The molecule has 0 unspecified atom stereocenters. The second kappa shape index (κ2) is 12.5. The highest BCUT2D eigenvalue weighted by Gasteiger charge is 2.46. The lowest BCUT2D eigenvalue weighted by Crippen LogP contribution is -2.64. The molecule has 10 aromatic rings. The summed E-state index contributed by atoms with van der Waals surface area (Å²) in [5.74, 6) is 0. The van der Waals surface area contributed by atoms with Crippen molar-refractivity contribution >= 4 is 101 Å². The number of fused-ring (bicyclic) bond motifs is 10. The van der Waals surface area contributed by atoms with E-state index in [1.165, 1.54) is 38.8 Å². The normalized spacial score (nSPS) is 14.2. The molecule has 8 aromatic carbocycles. The molecule has 0 saturated carbocycles. The van der Waals surface area contributed by atoms with Gasteiger partial charge in [0.2, 0.25) is 6.71 Å². The topological polar surface area (TPSA) is 32.8 Å². The zero-order valence-electron chi connectivity index (χ0n) is 34.5. The highest BCUT2D eigenvalue weighted by molar-refractivity contribution is 6.99. The van der Waals surface area contributed by atoms with Crippen LogP contribution in [-0.2, 0) is 10.8 Å². The van der Waals surface area contributed by atoms with Crippen LogP contribution in [0.25, 0.3) is 43.9 Å². The molecule has 288 valence electrons. The van der Waals surface area contributed by atoms with E-state index in [0.717, 1.165) is 72.3 Å². The molecule has 4 heterocycles. The number of para-hydroxylation sites is 3. The quantitative estimate of drug-likeness (QED) is 0.167. The minimum atomic E-state index is -0.300. The van der Waals surface area contributed by atoms with Gasteiger partial charge in [-0.2, -0.15) is 0 Å². The van der Waals surface area contributed by atoms with Gasteiger partial charge < -0.3 is 18.6 Å². The van der Waals surface area contributed by atoms with Crippen LogP contribution in [0.3, 0.4) is 0 Å². The maximum absolute atomic E-state index is 6.60. The van der Waals surface area contributed by atoms with Gasteiger partial charge in [0.15, 0.2) is 0 Å². The Morgan fingerprint density at radius 2 is 1.12 bits per heavy atom.